The maximum absolute atomic E-state index is 4.61. The molecular formula is C17H31N3. The molecule has 2 rings (SSSR count). The van der Waals surface area contributed by atoms with Gasteiger partial charge in [-0.25, -0.2) is 0 Å². The fourth-order valence-corrected chi connectivity index (χ4v) is 3.29. The van der Waals surface area contributed by atoms with Crippen LogP contribution in [-0.2, 0) is 19.9 Å². The molecule has 0 saturated heterocycles. The Morgan fingerprint density at radius 3 is 2.45 bits per heavy atom. The molecule has 0 bridgehead atoms. The van der Waals surface area contributed by atoms with Gasteiger partial charge in [0.25, 0.3) is 0 Å². The summed E-state index contributed by atoms with van der Waals surface area (Å²) >= 11 is 0. The minimum atomic E-state index is 0.205. The van der Waals surface area contributed by atoms with Crippen molar-refractivity contribution in [3.05, 3.63) is 17.5 Å². The molecule has 1 aliphatic carbocycles. The third kappa shape index (κ3) is 3.85. The van der Waals surface area contributed by atoms with Crippen LogP contribution in [0.4, 0.5) is 0 Å². The number of aromatic nitrogens is 2. The summed E-state index contributed by atoms with van der Waals surface area (Å²) in [5.74, 6) is 0. The van der Waals surface area contributed by atoms with Crippen LogP contribution in [0.3, 0.4) is 0 Å². The van der Waals surface area contributed by atoms with Crippen LogP contribution in [0.5, 0.6) is 0 Å². The molecule has 114 valence electrons. The summed E-state index contributed by atoms with van der Waals surface area (Å²) in [5, 5.41) is 8.34. The highest BCUT2D eigenvalue weighted by molar-refractivity contribution is 5.13. The first-order valence-corrected chi connectivity index (χ1v) is 8.10. The number of nitrogens with zero attached hydrogens (tertiary/aromatic N) is 2. The third-order valence-electron chi connectivity index (χ3n) is 4.60. The van der Waals surface area contributed by atoms with Gasteiger partial charge in [0.1, 0.15) is 0 Å². The number of hydrogen-bond donors (Lipinski definition) is 1. The van der Waals surface area contributed by atoms with E-state index in [0.717, 1.165) is 13.0 Å². The van der Waals surface area contributed by atoms with Crippen molar-refractivity contribution in [2.24, 2.45) is 12.5 Å². The van der Waals surface area contributed by atoms with E-state index in [4.69, 9.17) is 0 Å². The highest BCUT2D eigenvalue weighted by Gasteiger charge is 2.35. The first-order chi connectivity index (χ1) is 9.34. The van der Waals surface area contributed by atoms with Gasteiger partial charge in [0, 0.05) is 24.8 Å². The van der Waals surface area contributed by atoms with Crippen molar-refractivity contribution in [2.45, 2.75) is 71.8 Å². The van der Waals surface area contributed by atoms with Crippen molar-refractivity contribution < 1.29 is 0 Å². The molecule has 0 amide bonds. The fourth-order valence-electron chi connectivity index (χ4n) is 3.29. The Balaban J connectivity index is 2.10. The minimum Gasteiger partial charge on any atom is -0.312 e. The molecule has 0 radical (unpaired) electrons. The van der Waals surface area contributed by atoms with Crippen molar-refractivity contribution in [3.63, 3.8) is 0 Å². The zero-order valence-electron chi connectivity index (χ0n) is 13.9. The smallest absolute Gasteiger partial charge is 0.0624 e. The Morgan fingerprint density at radius 1 is 1.30 bits per heavy atom. The molecule has 1 aromatic heterocycles. The molecule has 1 aliphatic rings. The second kappa shape index (κ2) is 5.88. The van der Waals surface area contributed by atoms with Crippen LogP contribution in [0, 0.1) is 5.41 Å². The summed E-state index contributed by atoms with van der Waals surface area (Å²) in [4.78, 5) is 0. The largest absolute Gasteiger partial charge is 0.312 e. The molecule has 3 heteroatoms. The Kier molecular flexibility index (Phi) is 4.58. The maximum Gasteiger partial charge on any atom is 0.0624 e. The van der Waals surface area contributed by atoms with E-state index in [-0.39, 0.29) is 5.54 Å². The van der Waals surface area contributed by atoms with Crippen LogP contribution in [0.2, 0.25) is 0 Å². The van der Waals surface area contributed by atoms with Gasteiger partial charge in [-0.2, -0.15) is 5.10 Å². The van der Waals surface area contributed by atoms with Crippen LogP contribution < -0.4 is 5.32 Å². The third-order valence-corrected chi connectivity index (χ3v) is 4.60. The number of rotatable bonds is 5. The summed E-state index contributed by atoms with van der Waals surface area (Å²) in [7, 11) is 2.09. The predicted molar refractivity (Wildman–Crippen MR) is 84.9 cm³/mol. The average Bonchev–Trinajstić information content (AvgIpc) is 2.95. The van der Waals surface area contributed by atoms with Gasteiger partial charge in [-0.3, -0.25) is 4.68 Å². The van der Waals surface area contributed by atoms with Gasteiger partial charge in [-0.1, -0.05) is 19.8 Å². The van der Waals surface area contributed by atoms with Crippen molar-refractivity contribution >= 4 is 0 Å². The molecule has 3 nitrogen and oxygen atoms in total. The van der Waals surface area contributed by atoms with Gasteiger partial charge in [-0.15, -0.1) is 0 Å². The molecule has 0 aliphatic heterocycles. The van der Waals surface area contributed by atoms with Crippen LogP contribution >= 0.6 is 0 Å². The van der Waals surface area contributed by atoms with Gasteiger partial charge in [0.05, 0.1) is 5.69 Å². The fraction of sp³-hybridized carbons (Fsp3) is 0.824. The molecule has 0 unspecified atom stereocenters. The van der Waals surface area contributed by atoms with E-state index in [1.54, 1.807) is 0 Å². The molecular weight excluding hydrogens is 246 g/mol. The van der Waals surface area contributed by atoms with E-state index in [2.05, 4.69) is 55.9 Å². The van der Waals surface area contributed by atoms with Crippen molar-refractivity contribution in [1.82, 2.24) is 15.1 Å². The van der Waals surface area contributed by atoms with Gasteiger partial charge in [0.15, 0.2) is 0 Å². The van der Waals surface area contributed by atoms with Gasteiger partial charge in [0.2, 0.25) is 0 Å². The molecule has 1 saturated carbocycles. The summed E-state index contributed by atoms with van der Waals surface area (Å²) in [6, 6.07) is 2.30. The molecule has 0 aromatic carbocycles. The lowest BCUT2D eigenvalue weighted by Crippen LogP contribution is -2.44. The van der Waals surface area contributed by atoms with Crippen molar-refractivity contribution in [2.75, 3.05) is 6.54 Å². The van der Waals surface area contributed by atoms with E-state index in [9.17, 15) is 0 Å². The second-order valence-electron chi connectivity index (χ2n) is 7.59. The Morgan fingerprint density at radius 2 is 1.95 bits per heavy atom. The Bertz CT molecular complexity index is 434. The van der Waals surface area contributed by atoms with E-state index in [1.165, 1.54) is 43.5 Å². The first kappa shape index (κ1) is 15.6. The van der Waals surface area contributed by atoms with Gasteiger partial charge < -0.3 is 5.32 Å². The highest BCUT2D eigenvalue weighted by atomic mass is 15.3. The summed E-state index contributed by atoms with van der Waals surface area (Å²) in [6.07, 6.45) is 7.65. The lowest BCUT2D eigenvalue weighted by Gasteiger charge is -2.33. The Hall–Kier alpha value is -0.830. The standard InChI is InChI=1S/C17H31N3/c1-6-14-11-15(20(5)19-14)12-17(9-7-8-10-17)13-18-16(2,3)4/h11,18H,6-10,12-13H2,1-5H3. The molecule has 1 heterocycles. The summed E-state index contributed by atoms with van der Waals surface area (Å²) in [6.45, 7) is 10.1. The van der Waals surface area contributed by atoms with Crippen molar-refractivity contribution in [1.29, 1.82) is 0 Å². The molecule has 0 atom stereocenters. The molecule has 20 heavy (non-hydrogen) atoms. The lowest BCUT2D eigenvalue weighted by molar-refractivity contribution is 0.240. The zero-order valence-corrected chi connectivity index (χ0v) is 13.9. The van der Waals surface area contributed by atoms with Crippen LogP contribution in [0.25, 0.3) is 0 Å². The van der Waals surface area contributed by atoms with E-state index < -0.39 is 0 Å². The van der Waals surface area contributed by atoms with E-state index in [0.29, 0.717) is 5.41 Å². The minimum absolute atomic E-state index is 0.205. The van der Waals surface area contributed by atoms with Crippen LogP contribution in [0.15, 0.2) is 6.07 Å². The SMILES string of the molecule is CCc1cc(CC2(CNC(C)(C)C)CCCC2)n(C)n1. The molecule has 1 aromatic rings. The average molecular weight is 277 g/mol. The number of hydrogen-bond acceptors (Lipinski definition) is 2. The van der Waals surface area contributed by atoms with Gasteiger partial charge in [-0.05, 0) is 57.9 Å². The normalized spacial score (nSPS) is 18.6. The zero-order chi connectivity index (χ0) is 14.8. The predicted octanol–water partition coefficient (Wildman–Crippen LogP) is 3.47. The maximum atomic E-state index is 4.61. The molecule has 1 N–H and O–H groups in total. The van der Waals surface area contributed by atoms with E-state index >= 15 is 0 Å². The van der Waals surface area contributed by atoms with Crippen LogP contribution in [0.1, 0.15) is 64.8 Å². The summed E-state index contributed by atoms with van der Waals surface area (Å²) < 4.78 is 2.09. The summed E-state index contributed by atoms with van der Waals surface area (Å²) in [5.41, 5.74) is 3.27. The topological polar surface area (TPSA) is 29.9 Å². The van der Waals surface area contributed by atoms with Gasteiger partial charge >= 0.3 is 0 Å². The number of nitrogens with one attached hydrogen (secondary N) is 1. The quantitative estimate of drug-likeness (QED) is 0.893. The first-order valence-electron chi connectivity index (χ1n) is 8.10. The molecule has 0 spiro atoms. The highest BCUT2D eigenvalue weighted by Crippen LogP contribution is 2.40. The second-order valence-corrected chi connectivity index (χ2v) is 7.59. The monoisotopic (exact) mass is 277 g/mol. The van der Waals surface area contributed by atoms with Crippen molar-refractivity contribution in [3.8, 4) is 0 Å². The van der Waals surface area contributed by atoms with E-state index in [1.807, 2.05) is 0 Å². The Labute approximate surface area is 124 Å². The van der Waals surface area contributed by atoms with Crippen LogP contribution in [-0.4, -0.2) is 21.9 Å². The molecule has 1 fully saturated rings. The number of aryl methyl sites for hydroxylation is 2. The lowest BCUT2D eigenvalue weighted by atomic mass is 9.80.